The molecule has 0 bridgehead atoms. The molecule has 2 aliphatic rings. The van der Waals surface area contributed by atoms with Crippen LogP contribution in [0.3, 0.4) is 0 Å². The van der Waals surface area contributed by atoms with E-state index >= 15 is 0 Å². The second-order valence-corrected chi connectivity index (χ2v) is 8.36. The van der Waals surface area contributed by atoms with Crippen LogP contribution < -0.4 is 0 Å². The molecule has 0 atom stereocenters. The number of likely N-dealkylation sites (tertiary alicyclic amines) is 1. The van der Waals surface area contributed by atoms with Gasteiger partial charge in [0.05, 0.1) is 11.4 Å². The Balaban J connectivity index is 1.63. The molecule has 0 N–H and O–H groups in total. The number of benzene rings is 1. The monoisotopic (exact) mass is 402 g/mol. The Morgan fingerprint density at radius 3 is 2.50 bits per heavy atom. The van der Waals surface area contributed by atoms with Gasteiger partial charge in [-0.25, -0.2) is 9.37 Å². The predicted molar refractivity (Wildman–Crippen MR) is 120 cm³/mol. The zero-order valence-electron chi connectivity index (χ0n) is 17.4. The van der Waals surface area contributed by atoms with Gasteiger partial charge in [-0.05, 0) is 51.4 Å². The predicted octanol–water partition coefficient (Wildman–Crippen LogP) is 5.80. The summed E-state index contributed by atoms with van der Waals surface area (Å²) in [7, 11) is 0. The summed E-state index contributed by atoms with van der Waals surface area (Å²) < 4.78 is 16.6. The number of halogens is 1. The van der Waals surface area contributed by atoms with Crippen molar-refractivity contribution in [3.05, 3.63) is 65.2 Å². The van der Waals surface area contributed by atoms with Crippen LogP contribution in [0.2, 0.25) is 0 Å². The van der Waals surface area contributed by atoms with Crippen molar-refractivity contribution in [1.82, 2.24) is 14.3 Å². The van der Waals surface area contributed by atoms with E-state index in [2.05, 4.69) is 45.5 Å². The molecule has 0 saturated carbocycles. The van der Waals surface area contributed by atoms with Gasteiger partial charge in [-0.1, -0.05) is 36.2 Å². The smallest absolute Gasteiger partial charge is 0.137 e. The van der Waals surface area contributed by atoms with Gasteiger partial charge in [-0.3, -0.25) is 9.89 Å². The van der Waals surface area contributed by atoms with Crippen LogP contribution in [-0.4, -0.2) is 33.6 Å². The highest BCUT2D eigenvalue weighted by molar-refractivity contribution is 5.78. The van der Waals surface area contributed by atoms with E-state index in [1.807, 2.05) is 24.5 Å². The molecule has 4 heterocycles. The van der Waals surface area contributed by atoms with E-state index in [1.165, 1.54) is 30.5 Å². The molecule has 4 nitrogen and oxygen atoms in total. The maximum atomic E-state index is 14.4. The standard InChI is InChI=1S/C25H27FN4/c1-18-7-9-19(10-8-18)25-22(17-29-14-3-2-4-15-29)30-16-20(11-12-23(30)28-25)24-21(26)6-5-13-27-24/h7-13,16H,2-6,14-15,17H2,1H3. The molecule has 0 aliphatic carbocycles. The van der Waals surface area contributed by atoms with E-state index < -0.39 is 0 Å². The normalized spacial score (nSPS) is 17.8. The Morgan fingerprint density at radius 2 is 1.73 bits per heavy atom. The summed E-state index contributed by atoms with van der Waals surface area (Å²) in [5.41, 5.74) is 6.69. The molecule has 2 aliphatic heterocycles. The maximum absolute atomic E-state index is 14.4. The molecule has 1 fully saturated rings. The van der Waals surface area contributed by atoms with Crippen molar-refractivity contribution < 1.29 is 4.39 Å². The number of aryl methyl sites for hydroxylation is 1. The quantitative estimate of drug-likeness (QED) is 0.553. The second kappa shape index (κ2) is 8.15. The summed E-state index contributed by atoms with van der Waals surface area (Å²) in [6.07, 6.45) is 8.71. The SMILES string of the molecule is Cc1ccc(-c2nc3ccc(C4=C(F)CCC=N4)cn3c2CN2CCCCC2)cc1. The summed E-state index contributed by atoms with van der Waals surface area (Å²) >= 11 is 0. The lowest BCUT2D eigenvalue weighted by molar-refractivity contribution is 0.218. The van der Waals surface area contributed by atoms with Crippen LogP contribution in [0.5, 0.6) is 0 Å². The van der Waals surface area contributed by atoms with E-state index in [0.29, 0.717) is 18.5 Å². The molecule has 0 unspecified atom stereocenters. The van der Waals surface area contributed by atoms with Crippen LogP contribution in [0.1, 0.15) is 48.9 Å². The first kappa shape index (κ1) is 19.2. The molecule has 1 aromatic carbocycles. The fourth-order valence-corrected chi connectivity index (χ4v) is 4.42. The lowest BCUT2D eigenvalue weighted by Crippen LogP contribution is -2.29. The molecule has 30 heavy (non-hydrogen) atoms. The van der Waals surface area contributed by atoms with Gasteiger partial charge in [-0.2, -0.15) is 0 Å². The third-order valence-electron chi connectivity index (χ3n) is 6.11. The number of aromatic nitrogens is 2. The van der Waals surface area contributed by atoms with Gasteiger partial charge in [0.2, 0.25) is 0 Å². The average Bonchev–Trinajstić information content (AvgIpc) is 3.13. The first-order valence-electron chi connectivity index (χ1n) is 10.9. The lowest BCUT2D eigenvalue weighted by Gasteiger charge is -2.26. The van der Waals surface area contributed by atoms with Crippen molar-refractivity contribution in [2.75, 3.05) is 13.1 Å². The second-order valence-electron chi connectivity index (χ2n) is 8.36. The first-order chi connectivity index (χ1) is 14.7. The summed E-state index contributed by atoms with van der Waals surface area (Å²) in [4.78, 5) is 11.8. The summed E-state index contributed by atoms with van der Waals surface area (Å²) in [5, 5.41) is 0. The van der Waals surface area contributed by atoms with Crippen molar-refractivity contribution in [2.24, 2.45) is 4.99 Å². The summed E-state index contributed by atoms with van der Waals surface area (Å²) in [5.74, 6) is -0.131. The van der Waals surface area contributed by atoms with Crippen molar-refractivity contribution in [3.8, 4) is 11.3 Å². The Hall–Kier alpha value is -2.79. The highest BCUT2D eigenvalue weighted by Gasteiger charge is 2.20. The van der Waals surface area contributed by atoms with Gasteiger partial charge in [0.15, 0.2) is 0 Å². The van der Waals surface area contributed by atoms with Crippen molar-refractivity contribution >= 4 is 17.6 Å². The minimum absolute atomic E-state index is 0.131. The molecule has 1 saturated heterocycles. The molecule has 0 spiro atoms. The van der Waals surface area contributed by atoms with E-state index in [-0.39, 0.29) is 5.83 Å². The van der Waals surface area contributed by atoms with Crippen LogP contribution >= 0.6 is 0 Å². The summed E-state index contributed by atoms with van der Waals surface area (Å²) in [6, 6.07) is 12.5. The number of fused-ring (bicyclic) bond motifs is 1. The number of aliphatic imine (C=N–C) groups is 1. The Morgan fingerprint density at radius 1 is 0.967 bits per heavy atom. The number of rotatable bonds is 4. The van der Waals surface area contributed by atoms with E-state index in [1.54, 1.807) is 0 Å². The maximum Gasteiger partial charge on any atom is 0.137 e. The number of pyridine rings is 1. The van der Waals surface area contributed by atoms with Crippen LogP contribution in [0.15, 0.2) is 53.4 Å². The van der Waals surface area contributed by atoms with E-state index in [4.69, 9.17) is 4.98 Å². The van der Waals surface area contributed by atoms with Crippen molar-refractivity contribution in [3.63, 3.8) is 0 Å². The van der Waals surface area contributed by atoms with E-state index in [9.17, 15) is 4.39 Å². The van der Waals surface area contributed by atoms with Crippen molar-refractivity contribution in [1.29, 1.82) is 0 Å². The fraction of sp³-hybridized carbons (Fsp3) is 0.360. The number of piperidine rings is 1. The zero-order chi connectivity index (χ0) is 20.5. The molecule has 5 heteroatoms. The molecule has 0 amide bonds. The number of hydrogen-bond acceptors (Lipinski definition) is 3. The van der Waals surface area contributed by atoms with Crippen molar-refractivity contribution in [2.45, 2.75) is 45.6 Å². The lowest BCUT2D eigenvalue weighted by atomic mass is 10.1. The summed E-state index contributed by atoms with van der Waals surface area (Å²) in [6.45, 7) is 5.18. The highest BCUT2D eigenvalue weighted by atomic mass is 19.1. The van der Waals surface area contributed by atoms with Gasteiger partial charge >= 0.3 is 0 Å². The van der Waals surface area contributed by atoms with Gasteiger partial charge in [0.1, 0.15) is 17.2 Å². The minimum atomic E-state index is -0.131. The van der Waals surface area contributed by atoms with Crippen LogP contribution in [-0.2, 0) is 6.54 Å². The molecule has 0 radical (unpaired) electrons. The third kappa shape index (κ3) is 3.70. The van der Waals surface area contributed by atoms with Gasteiger partial charge < -0.3 is 4.40 Å². The van der Waals surface area contributed by atoms with Gasteiger partial charge in [-0.15, -0.1) is 0 Å². The number of hydrogen-bond donors (Lipinski definition) is 0. The van der Waals surface area contributed by atoms with Gasteiger partial charge in [0.25, 0.3) is 0 Å². The number of nitrogens with zero attached hydrogens (tertiary/aromatic N) is 4. The molecule has 154 valence electrons. The largest absolute Gasteiger partial charge is 0.301 e. The molecular formula is C25H27FN4. The Labute approximate surface area is 176 Å². The first-order valence-corrected chi connectivity index (χ1v) is 10.9. The Kier molecular flexibility index (Phi) is 5.21. The minimum Gasteiger partial charge on any atom is -0.301 e. The third-order valence-corrected chi connectivity index (χ3v) is 6.11. The highest BCUT2D eigenvalue weighted by Crippen LogP contribution is 2.31. The molecule has 3 aromatic rings. The van der Waals surface area contributed by atoms with Crippen LogP contribution in [0, 0.1) is 6.92 Å². The molecule has 2 aromatic heterocycles. The van der Waals surface area contributed by atoms with Gasteiger partial charge in [0, 0.05) is 36.5 Å². The topological polar surface area (TPSA) is 32.9 Å². The Bertz CT molecular complexity index is 1120. The fourth-order valence-electron chi connectivity index (χ4n) is 4.42. The van der Waals surface area contributed by atoms with Crippen LogP contribution in [0.4, 0.5) is 4.39 Å². The zero-order valence-corrected chi connectivity index (χ0v) is 17.4. The molecule has 5 rings (SSSR count). The molecular weight excluding hydrogens is 375 g/mol. The number of imidazole rings is 1. The van der Waals surface area contributed by atoms with E-state index in [0.717, 1.165) is 42.1 Å². The van der Waals surface area contributed by atoms with Crippen LogP contribution in [0.25, 0.3) is 22.6 Å². The average molecular weight is 403 g/mol. The number of allylic oxidation sites excluding steroid dienone is 1.